The third-order valence-electron chi connectivity index (χ3n) is 6.97. The summed E-state index contributed by atoms with van der Waals surface area (Å²) in [4.78, 5) is 18.9. The Morgan fingerprint density at radius 3 is 2.30 bits per heavy atom. The van der Waals surface area contributed by atoms with Crippen LogP contribution >= 0.6 is 0 Å². The van der Waals surface area contributed by atoms with Crippen molar-refractivity contribution in [2.45, 2.75) is 26.1 Å². The highest BCUT2D eigenvalue weighted by Crippen LogP contribution is 2.33. The molecular weight excluding hydrogens is 508 g/mol. The summed E-state index contributed by atoms with van der Waals surface area (Å²) in [6.45, 7) is 3.75. The van der Waals surface area contributed by atoms with E-state index in [1.165, 1.54) is 0 Å². The van der Waals surface area contributed by atoms with Crippen LogP contribution < -0.4 is 19.8 Å². The van der Waals surface area contributed by atoms with Gasteiger partial charge in [0.05, 0.1) is 33.4 Å². The quantitative estimate of drug-likeness (QED) is 0.266. The van der Waals surface area contributed by atoms with Gasteiger partial charge in [-0.25, -0.2) is 4.68 Å². The maximum absolute atomic E-state index is 13.7. The molecule has 1 atom stereocenters. The molecule has 0 radical (unpaired) electrons. The van der Waals surface area contributed by atoms with E-state index in [2.05, 4.69) is 44.5 Å². The van der Waals surface area contributed by atoms with E-state index in [1.807, 2.05) is 54.6 Å². The molecule has 40 heavy (non-hydrogen) atoms. The van der Waals surface area contributed by atoms with E-state index in [4.69, 9.17) is 14.2 Å². The van der Waals surface area contributed by atoms with Crippen molar-refractivity contribution in [3.05, 3.63) is 106 Å². The number of fused-ring (bicyclic) bond motifs is 1. The van der Waals surface area contributed by atoms with E-state index in [-0.39, 0.29) is 5.56 Å². The molecule has 10 nitrogen and oxygen atoms in total. The lowest BCUT2D eigenvalue weighted by Gasteiger charge is -2.30. The number of nitrogens with zero attached hydrogens (tertiary/aromatic N) is 5. The van der Waals surface area contributed by atoms with E-state index in [0.717, 1.165) is 22.3 Å². The van der Waals surface area contributed by atoms with Crippen molar-refractivity contribution in [3.8, 4) is 17.2 Å². The number of methoxy groups -OCH3 is 3. The smallest absolute Gasteiger partial charge is 0.253 e. The lowest BCUT2D eigenvalue weighted by molar-refractivity contribution is 0.214. The van der Waals surface area contributed by atoms with Crippen molar-refractivity contribution in [2.24, 2.45) is 0 Å². The first-order valence-corrected chi connectivity index (χ1v) is 13.0. The molecule has 1 unspecified atom stereocenters. The highest BCUT2D eigenvalue weighted by molar-refractivity contribution is 5.83. The first-order chi connectivity index (χ1) is 19.5. The van der Waals surface area contributed by atoms with Gasteiger partial charge in [-0.05, 0) is 52.4 Å². The minimum Gasteiger partial charge on any atom is -0.497 e. The number of benzene rings is 3. The SMILES string of the molecule is CCN(Cc1ccccc1)C(c1cc2cc(OC)c(OC)cc2[nH]c1=O)c1nnnn1Cc1ccc(OC)cc1. The van der Waals surface area contributed by atoms with Crippen LogP contribution in [0.4, 0.5) is 0 Å². The van der Waals surface area contributed by atoms with E-state index >= 15 is 0 Å². The van der Waals surface area contributed by atoms with Crippen molar-refractivity contribution in [2.75, 3.05) is 27.9 Å². The summed E-state index contributed by atoms with van der Waals surface area (Å²) in [5, 5.41) is 13.6. The van der Waals surface area contributed by atoms with Gasteiger partial charge in [0, 0.05) is 23.6 Å². The molecule has 0 bridgehead atoms. The molecule has 0 aliphatic carbocycles. The maximum Gasteiger partial charge on any atom is 0.253 e. The van der Waals surface area contributed by atoms with Gasteiger partial charge in [0.25, 0.3) is 5.56 Å². The summed E-state index contributed by atoms with van der Waals surface area (Å²) in [6, 6.07) is 22.9. The first-order valence-electron chi connectivity index (χ1n) is 13.0. The summed E-state index contributed by atoms with van der Waals surface area (Å²) >= 11 is 0. The van der Waals surface area contributed by atoms with Crippen molar-refractivity contribution < 1.29 is 14.2 Å². The summed E-state index contributed by atoms with van der Waals surface area (Å²) in [6.07, 6.45) is 0. The molecule has 5 rings (SSSR count). The number of hydrogen-bond acceptors (Lipinski definition) is 8. The second-order valence-corrected chi connectivity index (χ2v) is 9.34. The van der Waals surface area contributed by atoms with Crippen LogP contribution in [0.5, 0.6) is 17.2 Å². The number of aromatic amines is 1. The fourth-order valence-electron chi connectivity index (χ4n) is 4.88. The highest BCUT2D eigenvalue weighted by atomic mass is 16.5. The molecular formula is C30H32N6O4. The largest absolute Gasteiger partial charge is 0.497 e. The number of ether oxygens (including phenoxy) is 3. The molecule has 0 saturated heterocycles. The second kappa shape index (κ2) is 12.0. The van der Waals surface area contributed by atoms with E-state index < -0.39 is 6.04 Å². The Hall–Kier alpha value is -4.70. The van der Waals surface area contributed by atoms with Crippen LogP contribution in [-0.4, -0.2) is 58.0 Å². The minimum atomic E-state index is -0.528. The molecule has 1 N–H and O–H groups in total. The highest BCUT2D eigenvalue weighted by Gasteiger charge is 2.30. The summed E-state index contributed by atoms with van der Waals surface area (Å²) in [5.74, 6) is 2.45. The van der Waals surface area contributed by atoms with Crippen molar-refractivity contribution in [1.82, 2.24) is 30.1 Å². The Bertz CT molecular complexity index is 1630. The van der Waals surface area contributed by atoms with Gasteiger partial charge in [0.1, 0.15) is 11.8 Å². The Morgan fingerprint density at radius 2 is 1.62 bits per heavy atom. The molecule has 3 aromatic carbocycles. The summed E-state index contributed by atoms with van der Waals surface area (Å²) in [7, 11) is 4.79. The molecule has 0 aliphatic heterocycles. The van der Waals surface area contributed by atoms with E-state index in [0.29, 0.717) is 48.0 Å². The Balaban J connectivity index is 1.64. The van der Waals surface area contributed by atoms with Crippen LogP contribution in [0.1, 0.15) is 35.5 Å². The monoisotopic (exact) mass is 540 g/mol. The van der Waals surface area contributed by atoms with Gasteiger partial charge in [-0.3, -0.25) is 9.69 Å². The van der Waals surface area contributed by atoms with Crippen LogP contribution in [0, 0.1) is 0 Å². The molecule has 10 heteroatoms. The summed E-state index contributed by atoms with van der Waals surface area (Å²) in [5.41, 5.74) is 3.07. The van der Waals surface area contributed by atoms with Crippen molar-refractivity contribution >= 4 is 10.9 Å². The molecule has 0 aliphatic rings. The fraction of sp³-hybridized carbons (Fsp3) is 0.267. The Morgan fingerprint density at radius 1 is 0.900 bits per heavy atom. The molecule has 206 valence electrons. The fourth-order valence-corrected chi connectivity index (χ4v) is 4.88. The van der Waals surface area contributed by atoms with Gasteiger partial charge in [0.15, 0.2) is 17.3 Å². The normalized spacial score (nSPS) is 12.0. The van der Waals surface area contributed by atoms with Crippen molar-refractivity contribution in [1.29, 1.82) is 0 Å². The minimum absolute atomic E-state index is 0.227. The van der Waals surface area contributed by atoms with Crippen molar-refractivity contribution in [3.63, 3.8) is 0 Å². The van der Waals surface area contributed by atoms with Crippen LogP contribution in [0.15, 0.2) is 77.6 Å². The Kier molecular flexibility index (Phi) is 8.07. The number of aromatic nitrogens is 5. The molecule has 0 saturated carbocycles. The number of pyridine rings is 1. The first kappa shape index (κ1) is 26.9. The molecule has 0 spiro atoms. The lowest BCUT2D eigenvalue weighted by Crippen LogP contribution is -2.35. The predicted molar refractivity (Wildman–Crippen MR) is 152 cm³/mol. The van der Waals surface area contributed by atoms with Gasteiger partial charge in [-0.2, -0.15) is 0 Å². The number of H-pyrrole nitrogens is 1. The number of nitrogens with one attached hydrogen (secondary N) is 1. The molecule has 2 aromatic heterocycles. The van der Waals surface area contributed by atoms with Gasteiger partial charge in [0.2, 0.25) is 0 Å². The molecule has 2 heterocycles. The zero-order valence-corrected chi connectivity index (χ0v) is 23.0. The Labute approximate surface area is 232 Å². The number of tetrazole rings is 1. The molecule has 0 fully saturated rings. The standard InChI is InChI=1S/C30H32N6O4/c1-5-35(18-20-9-7-6-8-10-20)28(29-32-33-34-36(29)19-21-11-13-23(38-2)14-12-21)24-15-22-16-26(39-3)27(40-4)17-25(22)31-30(24)37/h6-17,28H,5,18-19H2,1-4H3,(H,31,37). The summed E-state index contributed by atoms with van der Waals surface area (Å²) < 4.78 is 18.0. The average molecular weight is 541 g/mol. The van der Waals surface area contributed by atoms with Crippen LogP contribution in [0.3, 0.4) is 0 Å². The van der Waals surface area contributed by atoms with Gasteiger partial charge < -0.3 is 19.2 Å². The van der Waals surface area contributed by atoms with Gasteiger partial charge >= 0.3 is 0 Å². The van der Waals surface area contributed by atoms with Crippen LogP contribution in [-0.2, 0) is 13.1 Å². The van der Waals surface area contributed by atoms with Crippen LogP contribution in [0.2, 0.25) is 0 Å². The number of hydrogen-bond donors (Lipinski definition) is 1. The topological polar surface area (TPSA) is 107 Å². The third-order valence-corrected chi connectivity index (χ3v) is 6.97. The third kappa shape index (κ3) is 5.52. The van der Waals surface area contributed by atoms with Gasteiger partial charge in [-0.1, -0.05) is 49.4 Å². The number of rotatable bonds is 11. The van der Waals surface area contributed by atoms with E-state index in [1.54, 1.807) is 32.1 Å². The van der Waals surface area contributed by atoms with E-state index in [9.17, 15) is 4.79 Å². The maximum atomic E-state index is 13.7. The second-order valence-electron chi connectivity index (χ2n) is 9.34. The lowest BCUT2D eigenvalue weighted by atomic mass is 10.0. The zero-order valence-electron chi connectivity index (χ0n) is 23.0. The predicted octanol–water partition coefficient (Wildman–Crippen LogP) is 4.20. The molecule has 0 amide bonds. The van der Waals surface area contributed by atoms with Gasteiger partial charge in [-0.15, -0.1) is 5.10 Å². The van der Waals surface area contributed by atoms with Crippen LogP contribution in [0.25, 0.3) is 10.9 Å². The zero-order chi connectivity index (χ0) is 28.1. The average Bonchev–Trinajstić information content (AvgIpc) is 3.44. The molecule has 5 aromatic rings.